The second kappa shape index (κ2) is 6.03. The molecule has 1 heterocycles. The van der Waals surface area contributed by atoms with Crippen molar-refractivity contribution < 1.29 is 14.4 Å². The molecule has 1 aliphatic rings. The van der Waals surface area contributed by atoms with Gasteiger partial charge in [0.05, 0.1) is 11.2 Å². The molecule has 4 heteroatoms. The summed E-state index contributed by atoms with van der Waals surface area (Å²) in [5.74, 6) is 0. The minimum atomic E-state index is -0.626. The van der Waals surface area contributed by atoms with Gasteiger partial charge in [-0.1, -0.05) is 48.5 Å². The third-order valence-electron chi connectivity index (χ3n) is 5.26. The van der Waals surface area contributed by atoms with E-state index in [0.29, 0.717) is 0 Å². The summed E-state index contributed by atoms with van der Waals surface area (Å²) >= 11 is 0. The van der Waals surface area contributed by atoms with Crippen LogP contribution in [0.5, 0.6) is 0 Å². The summed E-state index contributed by atoms with van der Waals surface area (Å²) in [5, 5.41) is 10.6. The summed E-state index contributed by atoms with van der Waals surface area (Å²) < 4.78 is 12.1. The van der Waals surface area contributed by atoms with E-state index < -0.39 is 6.10 Å². The van der Waals surface area contributed by atoms with Gasteiger partial charge in [0.15, 0.2) is 0 Å². The monoisotopic (exact) mass is 324 g/mol. The van der Waals surface area contributed by atoms with Gasteiger partial charge in [-0.15, -0.1) is 0 Å². The number of hydrogen-bond acceptors (Lipinski definition) is 3. The Bertz CT molecular complexity index is 706. The van der Waals surface area contributed by atoms with Gasteiger partial charge in [0.2, 0.25) is 0 Å². The Morgan fingerprint density at radius 2 is 1.42 bits per heavy atom. The lowest BCUT2D eigenvalue weighted by Crippen LogP contribution is -2.41. The molecular formula is C20H25BO3. The lowest BCUT2D eigenvalue weighted by Gasteiger charge is -2.32. The van der Waals surface area contributed by atoms with E-state index in [2.05, 4.69) is 0 Å². The van der Waals surface area contributed by atoms with Gasteiger partial charge < -0.3 is 14.4 Å². The molecule has 0 bridgehead atoms. The SMILES string of the molecule is Cc1ccccc1C(O)c1ccc(B2OC(C)(C)C(C)(C)O2)cc1. The highest BCUT2D eigenvalue weighted by Crippen LogP contribution is 2.36. The van der Waals surface area contributed by atoms with Crippen molar-refractivity contribution in [2.75, 3.05) is 0 Å². The zero-order chi connectivity index (χ0) is 17.5. The minimum absolute atomic E-state index is 0.350. The summed E-state index contributed by atoms with van der Waals surface area (Å²) in [4.78, 5) is 0. The number of aliphatic hydroxyl groups excluding tert-OH is 1. The second-order valence-electron chi connectivity index (χ2n) is 7.51. The topological polar surface area (TPSA) is 38.7 Å². The van der Waals surface area contributed by atoms with Crippen LogP contribution in [0, 0.1) is 6.92 Å². The van der Waals surface area contributed by atoms with Gasteiger partial charge in [0, 0.05) is 0 Å². The normalized spacial score (nSPS) is 20.2. The van der Waals surface area contributed by atoms with Crippen LogP contribution in [0.1, 0.15) is 50.5 Å². The second-order valence-corrected chi connectivity index (χ2v) is 7.51. The van der Waals surface area contributed by atoms with E-state index in [1.165, 1.54) is 0 Å². The molecule has 0 amide bonds. The summed E-state index contributed by atoms with van der Waals surface area (Å²) in [6, 6.07) is 15.7. The third kappa shape index (κ3) is 3.02. The molecule has 0 spiro atoms. The smallest absolute Gasteiger partial charge is 0.399 e. The van der Waals surface area contributed by atoms with Crippen LogP contribution in [0.25, 0.3) is 0 Å². The number of rotatable bonds is 3. The van der Waals surface area contributed by atoms with Gasteiger partial charge in [-0.05, 0) is 56.8 Å². The standard InChI is InChI=1S/C20H25BO3/c1-14-8-6-7-9-17(14)18(22)15-10-12-16(13-11-15)21-23-19(2,3)20(4,5)24-21/h6-13,18,22H,1-5H3. The van der Waals surface area contributed by atoms with E-state index in [1.54, 1.807) is 0 Å². The molecule has 1 fully saturated rings. The lowest BCUT2D eigenvalue weighted by atomic mass is 9.78. The molecule has 1 atom stereocenters. The highest BCUT2D eigenvalue weighted by atomic mass is 16.7. The Labute approximate surface area is 144 Å². The highest BCUT2D eigenvalue weighted by molar-refractivity contribution is 6.62. The van der Waals surface area contributed by atoms with E-state index >= 15 is 0 Å². The number of hydrogen-bond donors (Lipinski definition) is 1. The van der Waals surface area contributed by atoms with Crippen molar-refractivity contribution in [1.82, 2.24) is 0 Å². The van der Waals surface area contributed by atoms with E-state index in [0.717, 1.165) is 22.2 Å². The van der Waals surface area contributed by atoms with Crippen LogP contribution >= 0.6 is 0 Å². The average molecular weight is 324 g/mol. The lowest BCUT2D eigenvalue weighted by molar-refractivity contribution is 0.00578. The Hall–Kier alpha value is -1.62. The largest absolute Gasteiger partial charge is 0.494 e. The first-order valence-electron chi connectivity index (χ1n) is 8.40. The molecule has 0 aliphatic carbocycles. The average Bonchev–Trinajstić information content (AvgIpc) is 2.75. The Kier molecular flexibility index (Phi) is 4.33. The van der Waals surface area contributed by atoms with Crippen LogP contribution < -0.4 is 5.46 Å². The van der Waals surface area contributed by atoms with Crippen molar-refractivity contribution >= 4 is 12.6 Å². The number of benzene rings is 2. The summed E-state index contributed by atoms with van der Waals surface area (Å²) in [5.41, 5.74) is 3.15. The first-order valence-corrected chi connectivity index (χ1v) is 8.40. The fourth-order valence-corrected chi connectivity index (χ4v) is 2.89. The molecule has 24 heavy (non-hydrogen) atoms. The molecule has 1 N–H and O–H groups in total. The fourth-order valence-electron chi connectivity index (χ4n) is 2.89. The van der Waals surface area contributed by atoms with Gasteiger partial charge in [0.1, 0.15) is 6.10 Å². The maximum Gasteiger partial charge on any atom is 0.494 e. The third-order valence-corrected chi connectivity index (χ3v) is 5.26. The van der Waals surface area contributed by atoms with Gasteiger partial charge in [0.25, 0.3) is 0 Å². The Balaban J connectivity index is 1.81. The van der Waals surface area contributed by atoms with Crippen molar-refractivity contribution in [2.45, 2.75) is 51.9 Å². The van der Waals surface area contributed by atoms with E-state index in [9.17, 15) is 5.11 Å². The molecule has 1 saturated heterocycles. The molecule has 1 unspecified atom stereocenters. The molecule has 3 rings (SSSR count). The fraction of sp³-hybridized carbons (Fsp3) is 0.400. The first kappa shape index (κ1) is 17.2. The molecule has 2 aromatic carbocycles. The predicted octanol–water partition coefficient (Wildman–Crippen LogP) is 3.38. The van der Waals surface area contributed by atoms with Crippen LogP contribution in [-0.4, -0.2) is 23.4 Å². The summed E-state index contributed by atoms with van der Waals surface area (Å²) in [7, 11) is -0.375. The van der Waals surface area contributed by atoms with E-state index in [-0.39, 0.29) is 18.3 Å². The van der Waals surface area contributed by atoms with Crippen molar-refractivity contribution in [3.05, 3.63) is 65.2 Å². The number of aryl methyl sites for hydroxylation is 1. The highest BCUT2D eigenvalue weighted by Gasteiger charge is 2.51. The van der Waals surface area contributed by atoms with Crippen molar-refractivity contribution in [3.8, 4) is 0 Å². The van der Waals surface area contributed by atoms with E-state index in [4.69, 9.17) is 9.31 Å². The van der Waals surface area contributed by atoms with Crippen molar-refractivity contribution in [2.24, 2.45) is 0 Å². The predicted molar refractivity (Wildman–Crippen MR) is 97.4 cm³/mol. The van der Waals surface area contributed by atoms with Crippen LogP contribution in [0.4, 0.5) is 0 Å². The summed E-state index contributed by atoms with van der Waals surface area (Å²) in [6.07, 6.45) is -0.626. The molecule has 2 aromatic rings. The minimum Gasteiger partial charge on any atom is -0.399 e. The quantitative estimate of drug-likeness (QED) is 0.880. The van der Waals surface area contributed by atoms with Crippen LogP contribution in [0.3, 0.4) is 0 Å². The van der Waals surface area contributed by atoms with Gasteiger partial charge in [-0.3, -0.25) is 0 Å². The Morgan fingerprint density at radius 3 is 1.96 bits per heavy atom. The molecule has 3 nitrogen and oxygen atoms in total. The maximum atomic E-state index is 10.6. The first-order chi connectivity index (χ1) is 11.2. The molecule has 1 aliphatic heterocycles. The summed E-state index contributed by atoms with van der Waals surface area (Å²) in [6.45, 7) is 10.2. The Morgan fingerprint density at radius 1 is 0.875 bits per heavy atom. The van der Waals surface area contributed by atoms with Crippen LogP contribution in [-0.2, 0) is 9.31 Å². The molecule has 0 radical (unpaired) electrons. The zero-order valence-corrected chi connectivity index (χ0v) is 15.0. The molecule has 126 valence electrons. The number of aliphatic hydroxyl groups is 1. The van der Waals surface area contributed by atoms with Gasteiger partial charge in [-0.2, -0.15) is 0 Å². The maximum absolute atomic E-state index is 10.6. The van der Waals surface area contributed by atoms with Gasteiger partial charge >= 0.3 is 7.12 Å². The molecular weight excluding hydrogens is 299 g/mol. The van der Waals surface area contributed by atoms with Crippen molar-refractivity contribution in [1.29, 1.82) is 0 Å². The van der Waals surface area contributed by atoms with Crippen molar-refractivity contribution in [3.63, 3.8) is 0 Å². The zero-order valence-electron chi connectivity index (χ0n) is 15.0. The van der Waals surface area contributed by atoms with E-state index in [1.807, 2.05) is 83.1 Å². The van der Waals surface area contributed by atoms with Crippen LogP contribution in [0.2, 0.25) is 0 Å². The van der Waals surface area contributed by atoms with Crippen LogP contribution in [0.15, 0.2) is 48.5 Å². The van der Waals surface area contributed by atoms with Gasteiger partial charge in [-0.25, -0.2) is 0 Å². The molecule has 0 aromatic heterocycles. The molecule has 0 saturated carbocycles.